The maximum atomic E-state index is 5.64. The molecule has 1 fully saturated rings. The summed E-state index contributed by atoms with van der Waals surface area (Å²) in [5.41, 5.74) is 0.954. The van der Waals surface area contributed by atoms with E-state index in [9.17, 15) is 0 Å². The maximum Gasteiger partial charge on any atom is 0.215 e. The summed E-state index contributed by atoms with van der Waals surface area (Å²) in [7, 11) is 0. The van der Waals surface area contributed by atoms with Crippen molar-refractivity contribution in [1.29, 1.82) is 0 Å². The topological polar surface area (TPSA) is 78.6 Å². The molecule has 3 aromatic rings. The highest BCUT2D eigenvalue weighted by Crippen LogP contribution is 2.32. The Hall–Kier alpha value is -1.58. The first-order valence-electron chi connectivity index (χ1n) is 6.64. The molecule has 1 aliphatic rings. The van der Waals surface area contributed by atoms with Crippen molar-refractivity contribution >= 4 is 33.3 Å². The van der Waals surface area contributed by atoms with Gasteiger partial charge in [-0.05, 0) is 46.5 Å². The fourth-order valence-electron chi connectivity index (χ4n) is 2.29. The summed E-state index contributed by atoms with van der Waals surface area (Å²) in [6.45, 7) is 1.52. The first kappa shape index (κ1) is 13.1. The third-order valence-electron chi connectivity index (χ3n) is 3.30. The normalized spacial score (nSPS) is 18.6. The average Bonchev–Trinajstić information content (AvgIpc) is 3.22. The Bertz CT molecular complexity index is 751. The highest BCUT2D eigenvalue weighted by atomic mass is 32.2. The number of hydrogen-bond acceptors (Lipinski definition) is 8. The summed E-state index contributed by atoms with van der Waals surface area (Å²) in [5.74, 6) is 0. The third-order valence-corrected chi connectivity index (χ3v) is 5.32. The second-order valence-corrected chi connectivity index (χ2v) is 6.57. The fraction of sp³-hybridized carbons (Fsp3) is 0.417. The zero-order chi connectivity index (χ0) is 14.1. The Morgan fingerprint density at radius 3 is 3.33 bits per heavy atom. The minimum absolute atomic E-state index is 0.208. The molecule has 3 aromatic heterocycles. The maximum absolute atomic E-state index is 5.64. The minimum atomic E-state index is 0.208. The number of hydrogen-bond donors (Lipinski definition) is 0. The molecule has 0 N–H and O–H groups in total. The number of thiophene rings is 1. The summed E-state index contributed by atoms with van der Waals surface area (Å²) in [4.78, 5) is 8.59. The third kappa shape index (κ3) is 2.63. The molecule has 7 nitrogen and oxygen atoms in total. The lowest BCUT2D eigenvalue weighted by atomic mass is 10.2. The Morgan fingerprint density at radius 2 is 2.43 bits per heavy atom. The SMILES string of the molecule is c1nc(Sc2nnnn2C[C@H]2CCCO2)c2sccc2n1. The van der Waals surface area contributed by atoms with Gasteiger partial charge in [0.05, 0.1) is 22.9 Å². The molecule has 1 aliphatic heterocycles. The van der Waals surface area contributed by atoms with Crippen LogP contribution in [0.2, 0.25) is 0 Å². The van der Waals surface area contributed by atoms with Crippen molar-refractivity contribution in [1.82, 2.24) is 30.2 Å². The predicted octanol–water partition coefficient (Wildman–Crippen LogP) is 2.01. The minimum Gasteiger partial charge on any atom is -0.376 e. The molecule has 0 radical (unpaired) electrons. The molecule has 0 bridgehead atoms. The van der Waals surface area contributed by atoms with E-state index in [-0.39, 0.29) is 6.10 Å². The van der Waals surface area contributed by atoms with Gasteiger partial charge in [-0.1, -0.05) is 0 Å². The largest absolute Gasteiger partial charge is 0.376 e. The summed E-state index contributed by atoms with van der Waals surface area (Å²) >= 11 is 3.10. The van der Waals surface area contributed by atoms with Crippen LogP contribution in [0.25, 0.3) is 10.2 Å². The number of rotatable bonds is 4. The van der Waals surface area contributed by atoms with Gasteiger partial charge in [0, 0.05) is 6.61 Å². The van der Waals surface area contributed by atoms with E-state index >= 15 is 0 Å². The number of nitrogens with zero attached hydrogens (tertiary/aromatic N) is 6. The lowest BCUT2D eigenvalue weighted by Crippen LogP contribution is -2.16. The highest BCUT2D eigenvalue weighted by molar-refractivity contribution is 7.99. The number of aromatic nitrogens is 6. The van der Waals surface area contributed by atoms with E-state index in [1.54, 1.807) is 22.3 Å². The number of fused-ring (bicyclic) bond motifs is 1. The first-order chi connectivity index (χ1) is 10.4. The van der Waals surface area contributed by atoms with Gasteiger partial charge in [-0.3, -0.25) is 0 Å². The number of tetrazole rings is 1. The molecule has 21 heavy (non-hydrogen) atoms. The lowest BCUT2D eigenvalue weighted by Gasteiger charge is -2.09. The molecule has 108 valence electrons. The van der Waals surface area contributed by atoms with Crippen molar-refractivity contribution < 1.29 is 4.74 Å². The molecule has 9 heteroatoms. The van der Waals surface area contributed by atoms with Gasteiger partial charge in [0.2, 0.25) is 5.16 Å². The Morgan fingerprint density at radius 1 is 1.43 bits per heavy atom. The van der Waals surface area contributed by atoms with Crippen LogP contribution in [0.1, 0.15) is 12.8 Å². The summed E-state index contributed by atoms with van der Waals surface area (Å²) in [5, 5.41) is 15.6. The monoisotopic (exact) mass is 320 g/mol. The molecular formula is C12H12N6OS2. The Balaban J connectivity index is 1.59. The van der Waals surface area contributed by atoms with Crippen LogP contribution in [-0.2, 0) is 11.3 Å². The van der Waals surface area contributed by atoms with E-state index in [4.69, 9.17) is 4.74 Å². The highest BCUT2D eigenvalue weighted by Gasteiger charge is 2.20. The molecule has 0 spiro atoms. The molecule has 4 heterocycles. The summed E-state index contributed by atoms with van der Waals surface area (Å²) in [6.07, 6.45) is 3.95. The van der Waals surface area contributed by atoms with E-state index in [0.717, 1.165) is 39.8 Å². The molecule has 0 aliphatic carbocycles. The predicted molar refractivity (Wildman–Crippen MR) is 78.3 cm³/mol. The zero-order valence-corrected chi connectivity index (χ0v) is 12.7. The molecule has 1 atom stereocenters. The van der Waals surface area contributed by atoms with Crippen LogP contribution >= 0.6 is 23.1 Å². The molecular weight excluding hydrogens is 308 g/mol. The summed E-state index contributed by atoms with van der Waals surface area (Å²) in [6, 6.07) is 1.99. The van der Waals surface area contributed by atoms with Gasteiger partial charge in [0.1, 0.15) is 11.4 Å². The molecule has 4 rings (SSSR count). The van der Waals surface area contributed by atoms with Crippen molar-refractivity contribution in [3.63, 3.8) is 0 Å². The van der Waals surface area contributed by atoms with Gasteiger partial charge in [-0.25, -0.2) is 14.6 Å². The number of ether oxygens (including phenoxy) is 1. The van der Waals surface area contributed by atoms with Crippen LogP contribution in [0.3, 0.4) is 0 Å². The zero-order valence-electron chi connectivity index (χ0n) is 11.0. The van der Waals surface area contributed by atoms with Crippen LogP contribution in [-0.4, -0.2) is 42.9 Å². The van der Waals surface area contributed by atoms with Gasteiger partial charge in [0.25, 0.3) is 0 Å². The average molecular weight is 320 g/mol. The second kappa shape index (κ2) is 5.66. The van der Waals surface area contributed by atoms with Crippen LogP contribution in [0.4, 0.5) is 0 Å². The van der Waals surface area contributed by atoms with Gasteiger partial charge in [-0.15, -0.1) is 16.4 Å². The fourth-order valence-corrected chi connectivity index (χ4v) is 4.05. The van der Waals surface area contributed by atoms with E-state index in [1.807, 2.05) is 11.4 Å². The van der Waals surface area contributed by atoms with Crippen LogP contribution < -0.4 is 0 Å². The lowest BCUT2D eigenvalue weighted by molar-refractivity contribution is 0.0912. The molecule has 0 amide bonds. The first-order valence-corrected chi connectivity index (χ1v) is 8.33. The Kier molecular flexibility index (Phi) is 3.53. The van der Waals surface area contributed by atoms with Crippen molar-refractivity contribution in [2.45, 2.75) is 35.7 Å². The second-order valence-electron chi connectivity index (χ2n) is 4.69. The van der Waals surface area contributed by atoms with Crippen LogP contribution in [0.5, 0.6) is 0 Å². The van der Waals surface area contributed by atoms with Gasteiger partial charge < -0.3 is 4.74 Å². The molecule has 0 aromatic carbocycles. The van der Waals surface area contributed by atoms with Crippen LogP contribution in [0.15, 0.2) is 28.0 Å². The van der Waals surface area contributed by atoms with Gasteiger partial charge in [-0.2, -0.15) is 0 Å². The van der Waals surface area contributed by atoms with Crippen LogP contribution in [0, 0.1) is 0 Å². The molecule has 0 unspecified atom stereocenters. The smallest absolute Gasteiger partial charge is 0.215 e. The molecule has 0 saturated carbocycles. The Labute approximate surface area is 128 Å². The van der Waals surface area contributed by atoms with Crippen molar-refractivity contribution in [3.8, 4) is 0 Å². The standard InChI is InChI=1S/C12H12N6OS2/c1-2-8(19-4-1)6-18-12(15-16-17-18)21-11-10-9(3-5-20-10)13-7-14-11/h3,5,7-8H,1-2,4,6H2/t8-/m1/s1. The van der Waals surface area contributed by atoms with E-state index in [2.05, 4.69) is 25.5 Å². The van der Waals surface area contributed by atoms with E-state index < -0.39 is 0 Å². The van der Waals surface area contributed by atoms with Crippen molar-refractivity contribution in [2.75, 3.05) is 6.61 Å². The van der Waals surface area contributed by atoms with E-state index in [0.29, 0.717) is 6.54 Å². The van der Waals surface area contributed by atoms with Crippen molar-refractivity contribution in [3.05, 3.63) is 17.8 Å². The van der Waals surface area contributed by atoms with Gasteiger partial charge >= 0.3 is 0 Å². The van der Waals surface area contributed by atoms with Gasteiger partial charge in [0.15, 0.2) is 0 Å². The van der Waals surface area contributed by atoms with E-state index in [1.165, 1.54) is 11.8 Å². The summed E-state index contributed by atoms with van der Waals surface area (Å²) < 4.78 is 8.50. The van der Waals surface area contributed by atoms with Crippen molar-refractivity contribution in [2.24, 2.45) is 0 Å². The quantitative estimate of drug-likeness (QED) is 0.680. The molecule has 1 saturated heterocycles.